The van der Waals surface area contributed by atoms with E-state index in [0.717, 1.165) is 0 Å². The minimum Gasteiger partial charge on any atom is -0.481 e. The van der Waals surface area contributed by atoms with Crippen LogP contribution >= 0.6 is 0 Å². The van der Waals surface area contributed by atoms with Crippen LogP contribution in [0.3, 0.4) is 0 Å². The lowest BCUT2D eigenvalue weighted by Gasteiger charge is -2.25. The molecule has 0 spiro atoms. The summed E-state index contributed by atoms with van der Waals surface area (Å²) < 4.78 is 6.64. The summed E-state index contributed by atoms with van der Waals surface area (Å²) in [6.45, 7) is 0.507. The molecule has 17 heavy (non-hydrogen) atoms. The molecular weight excluding hydrogens is 226 g/mol. The van der Waals surface area contributed by atoms with E-state index in [1.807, 2.05) is 0 Å². The molecule has 5 N–H and O–H groups in total. The third-order valence-electron chi connectivity index (χ3n) is 2.48. The van der Waals surface area contributed by atoms with Gasteiger partial charge >= 0.3 is 0 Å². The molecule has 0 aliphatic rings. The molecule has 2 aromatic rings. The van der Waals surface area contributed by atoms with Crippen molar-refractivity contribution in [2.45, 2.75) is 0 Å². The summed E-state index contributed by atoms with van der Waals surface area (Å²) in [4.78, 5) is 0. The Morgan fingerprint density at radius 1 is 1.24 bits per heavy atom. The maximum Gasteiger partial charge on any atom is 0.284 e. The van der Waals surface area contributed by atoms with Crippen molar-refractivity contribution >= 4 is 16.9 Å². The van der Waals surface area contributed by atoms with Crippen molar-refractivity contribution in [3.05, 3.63) is 12.1 Å². The summed E-state index contributed by atoms with van der Waals surface area (Å²) in [7, 11) is 0. The molecule has 0 aromatic carbocycles. The number of nitrogens with two attached hydrogens (primary N) is 1. The zero-order chi connectivity index (χ0) is 12.4. The third kappa shape index (κ3) is 2.02. The van der Waals surface area contributed by atoms with Crippen molar-refractivity contribution in [2.75, 3.05) is 37.0 Å². The highest BCUT2D eigenvalue weighted by Crippen LogP contribution is 2.28. The second-order valence-corrected chi connectivity index (χ2v) is 3.62. The number of anilines is 1. The van der Waals surface area contributed by atoms with Gasteiger partial charge in [0.25, 0.3) is 5.95 Å². The average molecular weight is 241 g/mol. The smallest absolute Gasteiger partial charge is 0.284 e. The molecule has 0 unspecified atom stereocenters. The van der Waals surface area contributed by atoms with Crippen molar-refractivity contribution in [1.82, 2.24) is 4.68 Å². The van der Waals surface area contributed by atoms with Crippen LogP contribution in [0.5, 0.6) is 5.95 Å². The number of aromatic hydroxyl groups is 1. The minimum absolute atomic E-state index is 0.0665. The fraction of sp³-hybridized carbons (Fsp3) is 0.400. The molecule has 0 atom stereocenters. The van der Waals surface area contributed by atoms with Crippen LogP contribution in [0.1, 0.15) is 0 Å². The van der Waals surface area contributed by atoms with E-state index in [0.29, 0.717) is 30.0 Å². The SMILES string of the molecule is Nc1cc2oc(O)cc2n1N(CCO)CCO. The van der Waals surface area contributed by atoms with Crippen LogP contribution in [-0.2, 0) is 0 Å². The Balaban J connectivity index is 2.45. The lowest BCUT2D eigenvalue weighted by Crippen LogP contribution is -2.39. The van der Waals surface area contributed by atoms with E-state index in [1.165, 1.54) is 6.07 Å². The standard InChI is InChI=1S/C10H15N3O4/c11-9-6-8-7(5-10(16)17-8)13(9)12(1-3-14)2-4-15/h5-6,14-16H,1-4,11H2. The van der Waals surface area contributed by atoms with Crippen molar-refractivity contribution < 1.29 is 19.7 Å². The van der Waals surface area contributed by atoms with Crippen LogP contribution in [-0.4, -0.2) is 46.3 Å². The van der Waals surface area contributed by atoms with Gasteiger partial charge in [0.05, 0.1) is 26.3 Å². The maximum absolute atomic E-state index is 9.26. The molecule has 0 aliphatic carbocycles. The second-order valence-electron chi connectivity index (χ2n) is 3.62. The third-order valence-corrected chi connectivity index (χ3v) is 2.48. The molecule has 2 rings (SSSR count). The number of aromatic nitrogens is 1. The highest BCUT2D eigenvalue weighted by Gasteiger charge is 2.16. The lowest BCUT2D eigenvalue weighted by atomic mass is 10.5. The highest BCUT2D eigenvalue weighted by molar-refractivity contribution is 5.81. The normalized spacial score (nSPS) is 11.2. The summed E-state index contributed by atoms with van der Waals surface area (Å²) in [5.41, 5.74) is 6.88. The average Bonchev–Trinajstić information content (AvgIpc) is 2.72. The number of aliphatic hydroxyl groups excluding tert-OH is 2. The van der Waals surface area contributed by atoms with Crippen molar-refractivity contribution in [3.63, 3.8) is 0 Å². The van der Waals surface area contributed by atoms with Gasteiger partial charge in [0.2, 0.25) is 0 Å². The highest BCUT2D eigenvalue weighted by atomic mass is 16.5. The Hall–Kier alpha value is -1.86. The Labute approximate surface area is 97.2 Å². The molecule has 0 fully saturated rings. The molecule has 7 nitrogen and oxygen atoms in total. The number of hydrogen-bond acceptors (Lipinski definition) is 6. The molecule has 0 bridgehead atoms. The van der Waals surface area contributed by atoms with Gasteiger partial charge in [-0.15, -0.1) is 0 Å². The Morgan fingerprint density at radius 3 is 2.47 bits per heavy atom. The van der Waals surface area contributed by atoms with E-state index in [4.69, 9.17) is 20.4 Å². The molecule has 0 saturated carbocycles. The van der Waals surface area contributed by atoms with Crippen LogP contribution < -0.4 is 10.7 Å². The summed E-state index contributed by atoms with van der Waals surface area (Å²) in [6, 6.07) is 3.02. The first-order chi connectivity index (χ1) is 8.17. The minimum atomic E-state index is -0.198. The molecule has 2 aromatic heterocycles. The van der Waals surface area contributed by atoms with Gasteiger partial charge in [0.1, 0.15) is 11.3 Å². The molecular formula is C10H15N3O4. The fourth-order valence-electron chi connectivity index (χ4n) is 1.84. The van der Waals surface area contributed by atoms with Gasteiger partial charge < -0.3 is 30.5 Å². The van der Waals surface area contributed by atoms with Crippen LogP contribution in [0.25, 0.3) is 11.1 Å². The molecule has 0 aliphatic heterocycles. The van der Waals surface area contributed by atoms with E-state index in [9.17, 15) is 5.11 Å². The predicted molar refractivity (Wildman–Crippen MR) is 62.4 cm³/mol. The van der Waals surface area contributed by atoms with Gasteiger partial charge in [-0.05, 0) is 0 Å². The number of furan rings is 1. The summed E-state index contributed by atoms with van der Waals surface area (Å²) in [6.07, 6.45) is 0. The van der Waals surface area contributed by atoms with E-state index in [-0.39, 0.29) is 19.2 Å². The quantitative estimate of drug-likeness (QED) is 0.559. The van der Waals surface area contributed by atoms with Crippen LogP contribution in [0.2, 0.25) is 0 Å². The second kappa shape index (κ2) is 4.56. The predicted octanol–water partition coefficient (Wildman–Crippen LogP) is -0.555. The van der Waals surface area contributed by atoms with E-state index >= 15 is 0 Å². The Bertz CT molecular complexity index is 499. The van der Waals surface area contributed by atoms with Crippen molar-refractivity contribution in [2.24, 2.45) is 0 Å². The number of fused-ring (bicyclic) bond motifs is 1. The van der Waals surface area contributed by atoms with E-state index in [2.05, 4.69) is 0 Å². The molecule has 2 heterocycles. The molecule has 0 radical (unpaired) electrons. The lowest BCUT2D eigenvalue weighted by molar-refractivity contribution is 0.267. The first kappa shape index (κ1) is 11.6. The van der Waals surface area contributed by atoms with Gasteiger partial charge in [-0.25, -0.2) is 4.68 Å². The van der Waals surface area contributed by atoms with Gasteiger partial charge in [0, 0.05) is 12.1 Å². The van der Waals surface area contributed by atoms with Gasteiger partial charge in [0.15, 0.2) is 5.58 Å². The van der Waals surface area contributed by atoms with Crippen LogP contribution in [0, 0.1) is 0 Å². The zero-order valence-corrected chi connectivity index (χ0v) is 9.20. The van der Waals surface area contributed by atoms with Gasteiger partial charge in [-0.2, -0.15) is 0 Å². The fourth-order valence-corrected chi connectivity index (χ4v) is 1.84. The number of aliphatic hydroxyl groups is 2. The largest absolute Gasteiger partial charge is 0.481 e. The zero-order valence-electron chi connectivity index (χ0n) is 9.20. The van der Waals surface area contributed by atoms with Gasteiger partial charge in [-0.3, -0.25) is 0 Å². The number of nitrogens with zero attached hydrogens (tertiary/aromatic N) is 2. The first-order valence-electron chi connectivity index (χ1n) is 5.24. The van der Waals surface area contributed by atoms with Crippen molar-refractivity contribution in [3.8, 4) is 5.95 Å². The Morgan fingerprint density at radius 2 is 1.88 bits per heavy atom. The number of nitrogen functional groups attached to an aromatic ring is 1. The van der Waals surface area contributed by atoms with Crippen LogP contribution in [0.4, 0.5) is 5.82 Å². The Kier molecular flexibility index (Phi) is 3.12. The summed E-state index contributed by atoms with van der Waals surface area (Å²) in [5.74, 6) is 0.220. The number of rotatable bonds is 5. The van der Waals surface area contributed by atoms with E-state index < -0.39 is 0 Å². The topological polar surface area (TPSA) is 108 Å². The maximum atomic E-state index is 9.26. The molecule has 0 amide bonds. The van der Waals surface area contributed by atoms with Gasteiger partial charge in [-0.1, -0.05) is 0 Å². The van der Waals surface area contributed by atoms with Crippen molar-refractivity contribution in [1.29, 1.82) is 0 Å². The molecule has 94 valence electrons. The summed E-state index contributed by atoms with van der Waals surface area (Å²) >= 11 is 0. The monoisotopic (exact) mass is 241 g/mol. The molecule has 7 heteroatoms. The first-order valence-corrected chi connectivity index (χ1v) is 5.24. The molecule has 0 saturated heterocycles. The summed E-state index contributed by atoms with van der Waals surface area (Å²) in [5, 5.41) is 28.9. The van der Waals surface area contributed by atoms with E-state index in [1.54, 1.807) is 15.8 Å². The number of hydrogen-bond donors (Lipinski definition) is 4. The van der Waals surface area contributed by atoms with Crippen LogP contribution in [0.15, 0.2) is 16.5 Å².